The number of ether oxygens (including phenoxy) is 2. The van der Waals surface area contributed by atoms with Gasteiger partial charge >= 0.3 is 5.97 Å². The number of esters is 1. The van der Waals surface area contributed by atoms with Crippen molar-refractivity contribution in [1.82, 2.24) is 5.32 Å². The van der Waals surface area contributed by atoms with E-state index in [9.17, 15) is 9.59 Å². The van der Waals surface area contributed by atoms with Gasteiger partial charge in [0.25, 0.3) is 5.91 Å². The van der Waals surface area contributed by atoms with E-state index in [-0.39, 0.29) is 25.2 Å². The van der Waals surface area contributed by atoms with Gasteiger partial charge in [-0.1, -0.05) is 0 Å². The third-order valence-electron chi connectivity index (χ3n) is 2.05. The van der Waals surface area contributed by atoms with Gasteiger partial charge in [-0.3, -0.25) is 4.79 Å². The summed E-state index contributed by atoms with van der Waals surface area (Å²) in [5.41, 5.74) is 6.12. The van der Waals surface area contributed by atoms with Crippen molar-refractivity contribution in [3.8, 4) is 5.75 Å². The van der Waals surface area contributed by atoms with Crippen LogP contribution in [-0.2, 0) is 14.3 Å². The number of carbonyl (C=O) groups is 2. The molecule has 0 aliphatic carbocycles. The molecule has 0 aromatic heterocycles. The summed E-state index contributed by atoms with van der Waals surface area (Å²) in [6.45, 7) is 3.09. The average molecular weight is 266 g/mol. The number of hydrogen-bond donors (Lipinski definition) is 2. The molecule has 1 amide bonds. The van der Waals surface area contributed by atoms with E-state index in [1.165, 1.54) is 0 Å². The van der Waals surface area contributed by atoms with Crippen LogP contribution in [0.25, 0.3) is 0 Å². The summed E-state index contributed by atoms with van der Waals surface area (Å²) < 4.78 is 9.92. The highest BCUT2D eigenvalue weighted by Gasteiger charge is 2.09. The quantitative estimate of drug-likeness (QED) is 0.584. The first-order valence-electron chi connectivity index (χ1n) is 5.90. The lowest BCUT2D eigenvalue weighted by Gasteiger charge is -2.09. The highest BCUT2D eigenvalue weighted by atomic mass is 16.6. The zero-order valence-electron chi connectivity index (χ0n) is 11.0. The lowest BCUT2D eigenvalue weighted by Crippen LogP contribution is -2.34. The van der Waals surface area contributed by atoms with Crippen LogP contribution in [0.3, 0.4) is 0 Å². The van der Waals surface area contributed by atoms with Gasteiger partial charge in [0.1, 0.15) is 5.75 Å². The maximum Gasteiger partial charge on any atom is 0.344 e. The normalized spacial score (nSPS) is 10.1. The summed E-state index contributed by atoms with van der Waals surface area (Å²) in [6, 6.07) is 6.63. The van der Waals surface area contributed by atoms with Gasteiger partial charge in [-0.15, -0.1) is 0 Å². The second-order valence-electron chi connectivity index (χ2n) is 4.24. The molecule has 1 aromatic carbocycles. The molecule has 0 unspecified atom stereocenters. The van der Waals surface area contributed by atoms with Gasteiger partial charge in [0, 0.05) is 11.7 Å². The Morgan fingerprint density at radius 3 is 2.42 bits per heavy atom. The molecular weight excluding hydrogens is 248 g/mol. The molecule has 1 aromatic rings. The van der Waals surface area contributed by atoms with Crippen molar-refractivity contribution in [3.05, 3.63) is 24.3 Å². The van der Waals surface area contributed by atoms with Crippen molar-refractivity contribution in [2.45, 2.75) is 19.9 Å². The zero-order valence-corrected chi connectivity index (χ0v) is 11.0. The largest absolute Gasteiger partial charge is 0.482 e. The molecule has 0 saturated heterocycles. The highest BCUT2D eigenvalue weighted by Crippen LogP contribution is 2.12. The van der Waals surface area contributed by atoms with Crippen molar-refractivity contribution >= 4 is 17.6 Å². The number of nitrogen functional groups attached to an aromatic ring is 1. The minimum atomic E-state index is -0.601. The van der Waals surface area contributed by atoms with Gasteiger partial charge in [-0.2, -0.15) is 0 Å². The van der Waals surface area contributed by atoms with Crippen molar-refractivity contribution in [2.75, 3.05) is 18.9 Å². The van der Waals surface area contributed by atoms with Gasteiger partial charge in [0.2, 0.25) is 0 Å². The van der Waals surface area contributed by atoms with Gasteiger partial charge in [-0.05, 0) is 38.1 Å². The highest BCUT2D eigenvalue weighted by molar-refractivity contribution is 5.81. The van der Waals surface area contributed by atoms with Crippen LogP contribution < -0.4 is 15.8 Å². The number of nitrogens with one attached hydrogen (secondary N) is 1. The summed E-state index contributed by atoms with van der Waals surface area (Å²) in [6.07, 6.45) is 0. The molecule has 104 valence electrons. The summed E-state index contributed by atoms with van der Waals surface area (Å²) in [4.78, 5) is 22.5. The Morgan fingerprint density at radius 2 is 1.84 bits per heavy atom. The van der Waals surface area contributed by atoms with Crippen molar-refractivity contribution in [3.63, 3.8) is 0 Å². The van der Waals surface area contributed by atoms with E-state index in [2.05, 4.69) is 5.32 Å². The Morgan fingerprint density at radius 1 is 1.21 bits per heavy atom. The number of hydrogen-bond acceptors (Lipinski definition) is 5. The van der Waals surface area contributed by atoms with E-state index in [1.807, 2.05) is 13.8 Å². The molecule has 0 aliphatic heterocycles. The number of nitrogens with two attached hydrogens (primary N) is 1. The van der Waals surface area contributed by atoms with Crippen LogP contribution in [0.1, 0.15) is 13.8 Å². The number of amides is 1. The summed E-state index contributed by atoms with van der Waals surface area (Å²) >= 11 is 0. The number of carbonyl (C=O) groups excluding carboxylic acids is 2. The fraction of sp³-hybridized carbons (Fsp3) is 0.385. The van der Waals surface area contributed by atoms with Crippen molar-refractivity contribution in [2.24, 2.45) is 0 Å². The van der Waals surface area contributed by atoms with Crippen LogP contribution in [0.4, 0.5) is 5.69 Å². The Hall–Kier alpha value is -2.24. The smallest absolute Gasteiger partial charge is 0.344 e. The Kier molecular flexibility index (Phi) is 5.66. The van der Waals surface area contributed by atoms with E-state index in [0.717, 1.165) is 0 Å². The molecule has 6 heteroatoms. The van der Waals surface area contributed by atoms with Gasteiger partial charge < -0.3 is 20.5 Å². The van der Waals surface area contributed by atoms with Crippen LogP contribution in [0.5, 0.6) is 5.75 Å². The fourth-order valence-corrected chi connectivity index (χ4v) is 1.26. The Labute approximate surface area is 111 Å². The maximum absolute atomic E-state index is 11.3. The van der Waals surface area contributed by atoms with Crippen LogP contribution in [0.2, 0.25) is 0 Å². The monoisotopic (exact) mass is 266 g/mol. The summed E-state index contributed by atoms with van der Waals surface area (Å²) in [5, 5.41) is 2.61. The molecule has 19 heavy (non-hydrogen) atoms. The lowest BCUT2D eigenvalue weighted by atomic mass is 10.3. The van der Waals surface area contributed by atoms with E-state index < -0.39 is 5.97 Å². The van der Waals surface area contributed by atoms with Crippen LogP contribution in [-0.4, -0.2) is 31.1 Å². The molecule has 3 N–H and O–H groups in total. The first-order chi connectivity index (χ1) is 8.97. The molecule has 6 nitrogen and oxygen atoms in total. The van der Waals surface area contributed by atoms with Crippen molar-refractivity contribution in [1.29, 1.82) is 0 Å². The van der Waals surface area contributed by atoms with E-state index in [0.29, 0.717) is 11.4 Å². The van der Waals surface area contributed by atoms with Crippen molar-refractivity contribution < 1.29 is 19.1 Å². The zero-order chi connectivity index (χ0) is 14.3. The first-order valence-corrected chi connectivity index (χ1v) is 5.90. The van der Waals surface area contributed by atoms with E-state index >= 15 is 0 Å². The second kappa shape index (κ2) is 7.25. The fourth-order valence-electron chi connectivity index (χ4n) is 1.26. The molecule has 0 bridgehead atoms. The number of anilines is 1. The third-order valence-corrected chi connectivity index (χ3v) is 2.05. The first kappa shape index (κ1) is 14.8. The summed E-state index contributed by atoms with van der Waals surface area (Å²) in [5.74, 6) is -0.427. The van der Waals surface area contributed by atoms with Crippen LogP contribution in [0, 0.1) is 0 Å². The molecule has 0 fully saturated rings. The number of rotatable bonds is 6. The number of benzene rings is 1. The third kappa shape index (κ3) is 6.30. The molecule has 0 radical (unpaired) electrons. The minimum Gasteiger partial charge on any atom is -0.482 e. The standard InChI is InChI=1S/C13H18N2O4/c1-9(2)15-12(16)7-19-13(17)8-18-11-5-3-10(14)4-6-11/h3-6,9H,7-8,14H2,1-2H3,(H,15,16). The minimum absolute atomic E-state index is 0.0113. The predicted molar refractivity (Wildman–Crippen MR) is 70.6 cm³/mol. The van der Waals surface area contributed by atoms with Gasteiger partial charge in [-0.25, -0.2) is 4.79 Å². The van der Waals surface area contributed by atoms with Gasteiger partial charge in [0.05, 0.1) is 0 Å². The maximum atomic E-state index is 11.3. The van der Waals surface area contributed by atoms with E-state index in [1.54, 1.807) is 24.3 Å². The molecule has 0 aliphatic rings. The molecular formula is C13H18N2O4. The Bertz CT molecular complexity index is 429. The predicted octanol–water partition coefficient (Wildman–Crippen LogP) is 0.715. The second-order valence-corrected chi connectivity index (χ2v) is 4.24. The molecule has 0 spiro atoms. The molecule has 0 atom stereocenters. The topological polar surface area (TPSA) is 90.6 Å². The molecule has 1 rings (SSSR count). The van der Waals surface area contributed by atoms with Crippen LogP contribution >= 0.6 is 0 Å². The SMILES string of the molecule is CC(C)NC(=O)COC(=O)COc1ccc(N)cc1. The Balaban J connectivity index is 2.24. The average Bonchev–Trinajstić information content (AvgIpc) is 2.35. The van der Waals surface area contributed by atoms with Gasteiger partial charge in [0.15, 0.2) is 13.2 Å². The van der Waals surface area contributed by atoms with E-state index in [4.69, 9.17) is 15.2 Å². The lowest BCUT2D eigenvalue weighted by molar-refractivity contribution is -0.150. The summed E-state index contributed by atoms with van der Waals surface area (Å²) in [7, 11) is 0. The molecule has 0 heterocycles. The molecule has 0 saturated carbocycles. The van der Waals surface area contributed by atoms with Crippen LogP contribution in [0.15, 0.2) is 24.3 Å².